The van der Waals surface area contributed by atoms with E-state index in [-0.39, 0.29) is 18.4 Å². The second kappa shape index (κ2) is 5.86. The third-order valence-corrected chi connectivity index (χ3v) is 2.49. The van der Waals surface area contributed by atoms with E-state index in [2.05, 4.69) is 26.6 Å². The largest absolute Gasteiger partial charge is 0.358 e. The van der Waals surface area contributed by atoms with Gasteiger partial charge in [0, 0.05) is 22.1 Å². The van der Waals surface area contributed by atoms with Crippen LogP contribution in [-0.4, -0.2) is 25.4 Å². The van der Waals surface area contributed by atoms with Crippen LogP contribution < -0.4 is 10.6 Å². The Morgan fingerprint density at radius 2 is 2.06 bits per heavy atom. The Balaban J connectivity index is 2.69. The van der Waals surface area contributed by atoms with E-state index in [1.165, 1.54) is 13.1 Å². The van der Waals surface area contributed by atoms with Crippen molar-refractivity contribution in [3.05, 3.63) is 33.3 Å². The van der Waals surface area contributed by atoms with E-state index in [0.29, 0.717) is 15.1 Å². The van der Waals surface area contributed by atoms with Crippen molar-refractivity contribution >= 4 is 39.3 Å². The van der Waals surface area contributed by atoms with Crippen molar-refractivity contribution in [3.8, 4) is 0 Å². The van der Waals surface area contributed by atoms with Crippen molar-refractivity contribution in [2.75, 3.05) is 13.6 Å². The van der Waals surface area contributed by atoms with E-state index in [1.807, 2.05) is 0 Å². The lowest BCUT2D eigenvalue weighted by molar-refractivity contribution is -0.119. The average Bonchev–Trinajstić information content (AvgIpc) is 2.23. The Kier molecular flexibility index (Phi) is 4.76. The summed E-state index contributed by atoms with van der Waals surface area (Å²) in [5.41, 5.74) is 0.406. The van der Waals surface area contributed by atoms with Crippen molar-refractivity contribution in [1.82, 2.24) is 10.6 Å². The molecule has 0 spiro atoms. The summed E-state index contributed by atoms with van der Waals surface area (Å²) in [5, 5.41) is 5.34. The van der Waals surface area contributed by atoms with E-state index >= 15 is 0 Å². The van der Waals surface area contributed by atoms with Crippen LogP contribution >= 0.6 is 27.5 Å². The Hall–Kier alpha value is -1.07. The average molecular weight is 306 g/mol. The van der Waals surface area contributed by atoms with Crippen molar-refractivity contribution in [2.24, 2.45) is 0 Å². The fourth-order valence-corrected chi connectivity index (χ4v) is 1.90. The number of nitrogens with one attached hydrogen (secondary N) is 2. The number of amides is 2. The predicted octanol–water partition coefficient (Wildman–Crippen LogP) is 1.58. The van der Waals surface area contributed by atoms with Gasteiger partial charge in [-0.15, -0.1) is 0 Å². The molecule has 86 valence electrons. The maximum atomic E-state index is 11.6. The van der Waals surface area contributed by atoms with Crippen LogP contribution in [0.15, 0.2) is 22.7 Å². The molecule has 2 N–H and O–H groups in total. The molecule has 0 saturated heterocycles. The van der Waals surface area contributed by atoms with Gasteiger partial charge < -0.3 is 10.6 Å². The summed E-state index contributed by atoms with van der Waals surface area (Å²) in [6.45, 7) is -0.0561. The summed E-state index contributed by atoms with van der Waals surface area (Å²) in [5.74, 6) is -0.596. The fourth-order valence-electron chi connectivity index (χ4n) is 1.04. The maximum Gasteiger partial charge on any atom is 0.251 e. The quantitative estimate of drug-likeness (QED) is 0.891. The molecule has 0 aromatic heterocycles. The number of halogens is 2. The van der Waals surface area contributed by atoms with Gasteiger partial charge in [0.05, 0.1) is 6.54 Å². The third kappa shape index (κ3) is 3.83. The van der Waals surface area contributed by atoms with Gasteiger partial charge in [0.2, 0.25) is 5.91 Å². The van der Waals surface area contributed by atoms with Crippen LogP contribution in [0.4, 0.5) is 0 Å². The molecule has 1 rings (SSSR count). The van der Waals surface area contributed by atoms with Gasteiger partial charge in [-0.1, -0.05) is 27.5 Å². The zero-order valence-electron chi connectivity index (χ0n) is 8.51. The highest BCUT2D eigenvalue weighted by atomic mass is 79.9. The Morgan fingerprint density at radius 3 is 2.62 bits per heavy atom. The lowest BCUT2D eigenvalue weighted by Crippen LogP contribution is -2.35. The van der Waals surface area contributed by atoms with E-state index in [4.69, 9.17) is 11.6 Å². The summed E-state index contributed by atoms with van der Waals surface area (Å²) in [6.07, 6.45) is 0. The second-order valence-corrected chi connectivity index (χ2v) is 4.37. The molecule has 0 unspecified atom stereocenters. The van der Waals surface area contributed by atoms with Crippen molar-refractivity contribution in [2.45, 2.75) is 0 Å². The first-order valence-corrected chi connectivity index (χ1v) is 5.65. The predicted molar refractivity (Wildman–Crippen MR) is 65.6 cm³/mol. The molecule has 2 amide bonds. The summed E-state index contributed by atoms with van der Waals surface area (Å²) >= 11 is 9.03. The number of rotatable bonds is 3. The van der Waals surface area contributed by atoms with Crippen molar-refractivity contribution < 1.29 is 9.59 Å². The molecule has 0 bridgehead atoms. The molecule has 0 heterocycles. The van der Waals surface area contributed by atoms with Gasteiger partial charge >= 0.3 is 0 Å². The van der Waals surface area contributed by atoms with Gasteiger partial charge in [0.25, 0.3) is 5.91 Å². The van der Waals surface area contributed by atoms with Crippen LogP contribution in [0.1, 0.15) is 10.4 Å². The first-order valence-electron chi connectivity index (χ1n) is 4.48. The molecule has 0 aliphatic carbocycles. The highest BCUT2D eigenvalue weighted by Crippen LogP contribution is 2.19. The van der Waals surface area contributed by atoms with Crippen LogP contribution in [0.2, 0.25) is 5.02 Å². The van der Waals surface area contributed by atoms with Gasteiger partial charge in [-0.3, -0.25) is 9.59 Å². The second-order valence-electron chi connectivity index (χ2n) is 3.01. The molecular weight excluding hydrogens is 295 g/mol. The van der Waals surface area contributed by atoms with Crippen LogP contribution in [0, 0.1) is 0 Å². The number of carbonyl (C=O) groups excluding carboxylic acids is 2. The van der Waals surface area contributed by atoms with Crippen LogP contribution in [-0.2, 0) is 4.79 Å². The molecule has 0 saturated carbocycles. The van der Waals surface area contributed by atoms with Gasteiger partial charge in [-0.25, -0.2) is 0 Å². The van der Waals surface area contributed by atoms with Gasteiger partial charge in [0.15, 0.2) is 0 Å². The molecule has 0 fully saturated rings. The number of hydrogen-bond acceptors (Lipinski definition) is 2. The van der Waals surface area contributed by atoms with Crippen molar-refractivity contribution in [3.63, 3.8) is 0 Å². The topological polar surface area (TPSA) is 58.2 Å². The molecule has 16 heavy (non-hydrogen) atoms. The van der Waals surface area contributed by atoms with Gasteiger partial charge in [0.1, 0.15) is 0 Å². The number of benzene rings is 1. The smallest absolute Gasteiger partial charge is 0.251 e. The highest BCUT2D eigenvalue weighted by molar-refractivity contribution is 9.10. The van der Waals surface area contributed by atoms with Crippen LogP contribution in [0.3, 0.4) is 0 Å². The monoisotopic (exact) mass is 304 g/mol. The standard InChI is InChI=1S/C10H10BrClN2O2/c1-13-9(15)5-14-10(16)6-2-7(11)4-8(12)3-6/h2-4H,5H2,1H3,(H,13,15)(H,14,16). The summed E-state index contributed by atoms with van der Waals surface area (Å²) < 4.78 is 0.713. The lowest BCUT2D eigenvalue weighted by Gasteiger charge is -2.05. The summed E-state index contributed by atoms with van der Waals surface area (Å²) in [6, 6.07) is 4.84. The summed E-state index contributed by atoms with van der Waals surface area (Å²) in [4.78, 5) is 22.5. The molecule has 4 nitrogen and oxygen atoms in total. The Morgan fingerprint density at radius 1 is 1.38 bits per heavy atom. The van der Waals surface area contributed by atoms with Crippen molar-refractivity contribution in [1.29, 1.82) is 0 Å². The maximum absolute atomic E-state index is 11.6. The molecule has 1 aromatic carbocycles. The zero-order chi connectivity index (χ0) is 12.1. The molecule has 6 heteroatoms. The minimum atomic E-state index is -0.341. The highest BCUT2D eigenvalue weighted by Gasteiger charge is 2.08. The van der Waals surface area contributed by atoms with Crippen LogP contribution in [0.5, 0.6) is 0 Å². The first kappa shape index (κ1) is 13.0. The number of hydrogen-bond donors (Lipinski definition) is 2. The Bertz CT molecular complexity index is 403. The minimum absolute atomic E-state index is 0.0561. The molecule has 0 atom stereocenters. The van der Waals surface area contributed by atoms with Gasteiger partial charge in [-0.05, 0) is 18.2 Å². The Labute approximate surface area is 106 Å². The molecule has 0 radical (unpaired) electrons. The molecule has 0 aliphatic heterocycles. The fraction of sp³-hybridized carbons (Fsp3) is 0.200. The van der Waals surface area contributed by atoms with E-state index in [1.54, 1.807) is 12.1 Å². The lowest BCUT2D eigenvalue weighted by atomic mass is 10.2. The molecular formula is C10H10BrClN2O2. The summed E-state index contributed by atoms with van der Waals surface area (Å²) in [7, 11) is 1.50. The normalized spacial score (nSPS) is 9.69. The SMILES string of the molecule is CNC(=O)CNC(=O)c1cc(Cl)cc(Br)c1. The van der Waals surface area contributed by atoms with Gasteiger partial charge in [-0.2, -0.15) is 0 Å². The minimum Gasteiger partial charge on any atom is -0.358 e. The number of carbonyl (C=O) groups is 2. The zero-order valence-corrected chi connectivity index (χ0v) is 10.9. The molecule has 1 aromatic rings. The van der Waals surface area contributed by atoms with E-state index in [0.717, 1.165) is 0 Å². The third-order valence-electron chi connectivity index (χ3n) is 1.81. The molecule has 0 aliphatic rings. The van der Waals surface area contributed by atoms with E-state index < -0.39 is 0 Å². The number of likely N-dealkylation sites (N-methyl/N-ethyl adjacent to an activating group) is 1. The van der Waals surface area contributed by atoms with Crippen LogP contribution in [0.25, 0.3) is 0 Å². The van der Waals surface area contributed by atoms with E-state index in [9.17, 15) is 9.59 Å². The first-order chi connectivity index (χ1) is 7.52.